The Kier molecular flexibility index (Phi) is 16.2. The molecule has 0 saturated heterocycles. The van der Waals surface area contributed by atoms with E-state index in [1.807, 2.05) is 0 Å². The first-order chi connectivity index (χ1) is 19.0. The van der Waals surface area contributed by atoms with Crippen LogP contribution in [0.4, 0.5) is 0 Å². The van der Waals surface area contributed by atoms with Gasteiger partial charge in [-0.2, -0.15) is 0 Å². The molecule has 2 unspecified atom stereocenters. The number of nitrogens with two attached hydrogens (primary N) is 2. The Morgan fingerprint density at radius 3 is 2.15 bits per heavy atom. The van der Waals surface area contributed by atoms with E-state index < -0.39 is 0 Å². The zero-order chi connectivity index (χ0) is 28.3. The summed E-state index contributed by atoms with van der Waals surface area (Å²) in [6.07, 6.45) is 16.0. The molecule has 0 bridgehead atoms. The van der Waals surface area contributed by atoms with Crippen molar-refractivity contribution < 1.29 is 0 Å². The van der Waals surface area contributed by atoms with Crippen molar-refractivity contribution >= 4 is 0 Å². The van der Waals surface area contributed by atoms with Crippen LogP contribution in [0.25, 0.3) is 0 Å². The van der Waals surface area contributed by atoms with Crippen LogP contribution in [0.5, 0.6) is 0 Å². The van der Waals surface area contributed by atoms with Gasteiger partial charge in [0.25, 0.3) is 0 Å². The Morgan fingerprint density at radius 2 is 1.54 bits per heavy atom. The molecule has 218 valence electrons. The van der Waals surface area contributed by atoms with Crippen molar-refractivity contribution in [2.75, 3.05) is 26.2 Å². The molecule has 0 aliphatic heterocycles. The molecule has 2 rings (SSSR count). The van der Waals surface area contributed by atoms with Crippen LogP contribution in [0.2, 0.25) is 0 Å². The molecule has 1 aliphatic rings. The van der Waals surface area contributed by atoms with Crippen LogP contribution in [0, 0.1) is 5.92 Å². The Balaban J connectivity index is 2.08. The highest BCUT2D eigenvalue weighted by molar-refractivity contribution is 5.23. The van der Waals surface area contributed by atoms with E-state index in [0.717, 1.165) is 74.6 Å². The minimum atomic E-state index is 0.0557. The third-order valence-corrected chi connectivity index (χ3v) is 7.41. The largest absolute Gasteiger partial charge is 0.387 e. The van der Waals surface area contributed by atoms with E-state index in [0.29, 0.717) is 13.1 Å². The molecule has 0 heterocycles. The van der Waals surface area contributed by atoms with Crippen molar-refractivity contribution in [3.63, 3.8) is 0 Å². The first-order valence-electron chi connectivity index (χ1n) is 15.2. The van der Waals surface area contributed by atoms with Crippen LogP contribution in [0.1, 0.15) is 77.2 Å². The number of nitrogens with one attached hydrogen (secondary N) is 4. The lowest BCUT2D eigenvalue weighted by molar-refractivity contribution is 0.469. The molecule has 0 radical (unpaired) electrons. The predicted octanol–water partition coefficient (Wildman–Crippen LogP) is 5.22. The molecule has 6 nitrogen and oxygen atoms in total. The first kappa shape index (κ1) is 32.5. The van der Waals surface area contributed by atoms with E-state index >= 15 is 0 Å². The SMILES string of the molecule is C=C(CNC(=CCC)C(Cc1ccccc1)NC(=C)CN)NC(CCCCN)C(=CCC)NCC1CCCC1. The van der Waals surface area contributed by atoms with Gasteiger partial charge in [0, 0.05) is 35.9 Å². The average Bonchev–Trinajstić information content (AvgIpc) is 3.47. The summed E-state index contributed by atoms with van der Waals surface area (Å²) in [4.78, 5) is 0. The molecule has 2 atom stereocenters. The van der Waals surface area contributed by atoms with Gasteiger partial charge in [0.2, 0.25) is 0 Å². The van der Waals surface area contributed by atoms with Gasteiger partial charge in [0.05, 0.1) is 18.6 Å². The van der Waals surface area contributed by atoms with Gasteiger partial charge in [-0.25, -0.2) is 0 Å². The fourth-order valence-corrected chi connectivity index (χ4v) is 5.29. The lowest BCUT2D eigenvalue weighted by Crippen LogP contribution is -2.42. The van der Waals surface area contributed by atoms with Gasteiger partial charge < -0.3 is 32.7 Å². The van der Waals surface area contributed by atoms with Crippen LogP contribution in [0.15, 0.2) is 78.4 Å². The number of unbranched alkanes of at least 4 members (excludes halogenated alkanes) is 1. The molecular weight excluding hydrogens is 480 g/mol. The van der Waals surface area contributed by atoms with Crippen molar-refractivity contribution in [1.82, 2.24) is 21.3 Å². The van der Waals surface area contributed by atoms with Gasteiger partial charge in [0.15, 0.2) is 0 Å². The summed E-state index contributed by atoms with van der Waals surface area (Å²) in [5.41, 5.74) is 17.2. The molecule has 0 amide bonds. The van der Waals surface area contributed by atoms with Crippen LogP contribution in [0.3, 0.4) is 0 Å². The number of hydrogen-bond donors (Lipinski definition) is 6. The predicted molar refractivity (Wildman–Crippen MR) is 169 cm³/mol. The molecular formula is C33H56N6. The topological polar surface area (TPSA) is 100 Å². The van der Waals surface area contributed by atoms with E-state index in [9.17, 15) is 0 Å². The van der Waals surface area contributed by atoms with E-state index in [1.165, 1.54) is 36.9 Å². The molecule has 8 N–H and O–H groups in total. The summed E-state index contributed by atoms with van der Waals surface area (Å²) in [5, 5.41) is 14.8. The zero-order valence-electron chi connectivity index (χ0n) is 24.7. The van der Waals surface area contributed by atoms with Gasteiger partial charge in [-0.15, -0.1) is 0 Å². The zero-order valence-corrected chi connectivity index (χ0v) is 24.7. The second kappa shape index (κ2) is 19.4. The molecule has 6 heteroatoms. The highest BCUT2D eigenvalue weighted by Crippen LogP contribution is 2.24. The first-order valence-corrected chi connectivity index (χ1v) is 15.2. The smallest absolute Gasteiger partial charge is 0.0694 e. The summed E-state index contributed by atoms with van der Waals surface area (Å²) in [7, 11) is 0. The van der Waals surface area contributed by atoms with Crippen molar-refractivity contribution in [1.29, 1.82) is 0 Å². The summed E-state index contributed by atoms with van der Waals surface area (Å²) >= 11 is 0. The van der Waals surface area contributed by atoms with E-state index in [1.54, 1.807) is 0 Å². The average molecular weight is 537 g/mol. The second-order valence-electron chi connectivity index (χ2n) is 10.8. The quantitative estimate of drug-likeness (QED) is 0.121. The van der Waals surface area contributed by atoms with Crippen molar-refractivity contribution in [3.8, 4) is 0 Å². The van der Waals surface area contributed by atoms with E-state index in [-0.39, 0.29) is 12.1 Å². The normalized spacial score (nSPS) is 16.0. The van der Waals surface area contributed by atoms with Gasteiger partial charge in [0.1, 0.15) is 0 Å². The maximum absolute atomic E-state index is 5.89. The van der Waals surface area contributed by atoms with Gasteiger partial charge >= 0.3 is 0 Å². The van der Waals surface area contributed by atoms with E-state index in [4.69, 9.17) is 11.5 Å². The third-order valence-electron chi connectivity index (χ3n) is 7.41. The fourth-order valence-electron chi connectivity index (χ4n) is 5.29. The monoisotopic (exact) mass is 536 g/mol. The summed E-state index contributed by atoms with van der Waals surface area (Å²) < 4.78 is 0. The minimum Gasteiger partial charge on any atom is -0.387 e. The van der Waals surface area contributed by atoms with Gasteiger partial charge in [-0.3, -0.25) is 0 Å². The lowest BCUT2D eigenvalue weighted by Gasteiger charge is -2.29. The van der Waals surface area contributed by atoms with Crippen molar-refractivity contribution in [3.05, 3.63) is 84.0 Å². The Morgan fingerprint density at radius 1 is 0.897 bits per heavy atom. The molecule has 39 heavy (non-hydrogen) atoms. The molecule has 1 aromatic rings. The van der Waals surface area contributed by atoms with Crippen LogP contribution in [-0.2, 0) is 6.42 Å². The van der Waals surface area contributed by atoms with Crippen molar-refractivity contribution in [2.24, 2.45) is 17.4 Å². The molecule has 1 aliphatic carbocycles. The van der Waals surface area contributed by atoms with Crippen LogP contribution >= 0.6 is 0 Å². The fraction of sp³-hybridized carbons (Fsp3) is 0.576. The third kappa shape index (κ3) is 12.8. The maximum Gasteiger partial charge on any atom is 0.0694 e. The van der Waals surface area contributed by atoms with Gasteiger partial charge in [-0.05, 0) is 69.4 Å². The lowest BCUT2D eigenvalue weighted by atomic mass is 10.0. The van der Waals surface area contributed by atoms with E-state index in [2.05, 4.69) is 90.8 Å². The number of rotatable bonds is 21. The molecule has 1 saturated carbocycles. The molecule has 1 aromatic carbocycles. The Hall–Kier alpha value is -2.70. The molecule has 0 aromatic heterocycles. The highest BCUT2D eigenvalue weighted by Gasteiger charge is 2.20. The summed E-state index contributed by atoms with van der Waals surface area (Å²) in [6, 6.07) is 10.8. The maximum atomic E-state index is 5.89. The van der Waals surface area contributed by atoms with Crippen LogP contribution < -0.4 is 32.7 Å². The Labute approximate surface area is 238 Å². The summed E-state index contributed by atoms with van der Waals surface area (Å²) in [6.45, 7) is 15.7. The second-order valence-corrected chi connectivity index (χ2v) is 10.8. The molecule has 0 spiro atoms. The number of hydrogen-bond acceptors (Lipinski definition) is 6. The summed E-state index contributed by atoms with van der Waals surface area (Å²) in [5.74, 6) is 0.791. The number of allylic oxidation sites excluding steroid dienone is 2. The van der Waals surface area contributed by atoms with Crippen LogP contribution in [-0.4, -0.2) is 38.3 Å². The van der Waals surface area contributed by atoms with Crippen molar-refractivity contribution in [2.45, 2.75) is 90.1 Å². The standard InChI is InChI=1S/C33H56N6/c1-5-14-30(37-25-29-18-10-11-19-29)32(20-12-13-21-34)39-27(4)24-36-31(15-6-2)33(38-26(3)23-35)22-28-16-8-7-9-17-28/h7-9,14-17,29,32-33,36-39H,3-6,10-13,18-25,34-35H2,1-2H3. The Bertz CT molecular complexity index is 885. The molecule has 1 fully saturated rings. The highest BCUT2D eigenvalue weighted by atomic mass is 15.1. The minimum absolute atomic E-state index is 0.0557. The number of benzene rings is 1. The van der Waals surface area contributed by atoms with Gasteiger partial charge in [-0.1, -0.05) is 82.3 Å².